The van der Waals surface area contributed by atoms with Gasteiger partial charge in [0.15, 0.2) is 5.17 Å². The minimum Gasteiger partial charge on any atom is -0.284 e. The molecule has 0 spiro atoms. The normalized spacial score (nSPS) is 18.9. The van der Waals surface area contributed by atoms with Crippen LogP contribution in [-0.2, 0) is 11.3 Å². The van der Waals surface area contributed by atoms with Crippen molar-refractivity contribution < 1.29 is 4.79 Å². The standard InChI is InChI=1S/C22H19N3OS/c1-16-21(26)25(15-17-8-3-2-4-9-17)22(27-16)24-23-14-19-12-7-11-18-10-5-6-13-20(18)19/h2-14,16H,15H2,1H3/b23-14-,24-22+/t16-/m1/s1. The summed E-state index contributed by atoms with van der Waals surface area (Å²) in [6, 6.07) is 24.2. The predicted octanol–water partition coefficient (Wildman–Crippen LogP) is 4.69. The number of rotatable bonds is 4. The molecule has 1 heterocycles. The third-order valence-corrected chi connectivity index (χ3v) is 5.54. The van der Waals surface area contributed by atoms with Gasteiger partial charge in [-0.2, -0.15) is 5.10 Å². The predicted molar refractivity (Wildman–Crippen MR) is 113 cm³/mol. The Morgan fingerprint density at radius 1 is 1.00 bits per heavy atom. The van der Waals surface area contributed by atoms with E-state index in [0.29, 0.717) is 11.7 Å². The highest BCUT2D eigenvalue weighted by Crippen LogP contribution is 2.28. The highest BCUT2D eigenvalue weighted by atomic mass is 32.2. The first-order valence-electron chi connectivity index (χ1n) is 8.83. The zero-order valence-electron chi connectivity index (χ0n) is 14.9. The van der Waals surface area contributed by atoms with Crippen LogP contribution < -0.4 is 0 Å². The molecule has 3 aromatic rings. The number of thioether (sulfide) groups is 1. The van der Waals surface area contributed by atoms with Crippen molar-refractivity contribution in [1.29, 1.82) is 0 Å². The van der Waals surface area contributed by atoms with E-state index in [4.69, 9.17) is 0 Å². The lowest BCUT2D eigenvalue weighted by atomic mass is 10.1. The van der Waals surface area contributed by atoms with Gasteiger partial charge in [0.2, 0.25) is 5.91 Å². The van der Waals surface area contributed by atoms with Gasteiger partial charge in [0, 0.05) is 5.56 Å². The van der Waals surface area contributed by atoms with Gasteiger partial charge < -0.3 is 0 Å². The van der Waals surface area contributed by atoms with Crippen LogP contribution in [0, 0.1) is 0 Å². The van der Waals surface area contributed by atoms with Crippen molar-refractivity contribution in [2.75, 3.05) is 0 Å². The van der Waals surface area contributed by atoms with Gasteiger partial charge in [0.05, 0.1) is 18.0 Å². The Bertz CT molecular complexity index is 1020. The number of amides is 1. The smallest absolute Gasteiger partial charge is 0.242 e. The van der Waals surface area contributed by atoms with Crippen LogP contribution in [0.25, 0.3) is 10.8 Å². The topological polar surface area (TPSA) is 45.0 Å². The molecule has 1 saturated heterocycles. The summed E-state index contributed by atoms with van der Waals surface area (Å²) in [5.41, 5.74) is 2.08. The Hall–Kier alpha value is -2.92. The average molecular weight is 373 g/mol. The number of benzene rings is 3. The number of carbonyl (C=O) groups excluding carboxylic acids is 1. The van der Waals surface area contributed by atoms with Crippen LogP contribution in [0.4, 0.5) is 0 Å². The van der Waals surface area contributed by atoms with Gasteiger partial charge in [-0.1, -0.05) is 84.6 Å². The molecule has 4 rings (SSSR count). The molecule has 0 aromatic heterocycles. The summed E-state index contributed by atoms with van der Waals surface area (Å²) in [5, 5.41) is 11.4. The van der Waals surface area contributed by atoms with Crippen LogP contribution >= 0.6 is 11.8 Å². The minimum absolute atomic E-state index is 0.0722. The fourth-order valence-corrected chi connectivity index (χ4v) is 4.00. The largest absolute Gasteiger partial charge is 0.284 e. The molecule has 0 aliphatic carbocycles. The number of hydrogen-bond donors (Lipinski definition) is 0. The number of fused-ring (bicyclic) bond motifs is 1. The summed E-state index contributed by atoms with van der Waals surface area (Å²) in [4.78, 5) is 14.2. The number of amidine groups is 1. The molecule has 1 atom stereocenters. The molecule has 0 bridgehead atoms. The van der Waals surface area contributed by atoms with Crippen molar-refractivity contribution >= 4 is 39.8 Å². The van der Waals surface area contributed by atoms with Crippen LogP contribution in [0.3, 0.4) is 0 Å². The Morgan fingerprint density at radius 2 is 1.74 bits per heavy atom. The van der Waals surface area contributed by atoms with Gasteiger partial charge in [-0.3, -0.25) is 9.69 Å². The van der Waals surface area contributed by atoms with E-state index in [9.17, 15) is 4.79 Å². The quantitative estimate of drug-likeness (QED) is 0.492. The molecular formula is C22H19N3OS. The molecule has 1 amide bonds. The van der Waals surface area contributed by atoms with Gasteiger partial charge >= 0.3 is 0 Å². The zero-order chi connectivity index (χ0) is 18.6. The highest BCUT2D eigenvalue weighted by Gasteiger charge is 2.35. The number of hydrogen-bond acceptors (Lipinski definition) is 4. The molecule has 0 saturated carbocycles. The number of nitrogens with zero attached hydrogens (tertiary/aromatic N) is 3. The summed E-state index contributed by atoms with van der Waals surface area (Å²) in [6.45, 7) is 2.42. The van der Waals surface area contributed by atoms with Crippen LogP contribution in [0.5, 0.6) is 0 Å². The Kier molecular flexibility index (Phi) is 5.03. The van der Waals surface area contributed by atoms with Crippen LogP contribution in [-0.4, -0.2) is 27.4 Å². The molecule has 0 radical (unpaired) electrons. The molecule has 0 unspecified atom stereocenters. The maximum absolute atomic E-state index is 12.5. The molecule has 0 N–H and O–H groups in total. The lowest BCUT2D eigenvalue weighted by molar-refractivity contribution is -0.126. The highest BCUT2D eigenvalue weighted by molar-refractivity contribution is 8.15. The second-order valence-corrected chi connectivity index (χ2v) is 7.67. The van der Waals surface area contributed by atoms with E-state index in [2.05, 4.69) is 28.4 Å². The summed E-state index contributed by atoms with van der Waals surface area (Å²) >= 11 is 1.45. The van der Waals surface area contributed by atoms with Gasteiger partial charge in [-0.25, -0.2) is 0 Å². The van der Waals surface area contributed by atoms with Crippen molar-refractivity contribution in [2.24, 2.45) is 10.2 Å². The van der Waals surface area contributed by atoms with Crippen LogP contribution in [0.15, 0.2) is 83.0 Å². The van der Waals surface area contributed by atoms with Gasteiger partial charge in [0.25, 0.3) is 0 Å². The first-order chi connectivity index (χ1) is 13.2. The zero-order valence-corrected chi connectivity index (χ0v) is 15.8. The molecule has 1 fully saturated rings. The van der Waals surface area contributed by atoms with E-state index in [1.165, 1.54) is 17.1 Å². The van der Waals surface area contributed by atoms with Crippen molar-refractivity contribution in [3.63, 3.8) is 0 Å². The molecular weight excluding hydrogens is 354 g/mol. The molecule has 27 heavy (non-hydrogen) atoms. The SMILES string of the molecule is C[C@H]1S/C(=N/N=C\c2cccc3ccccc23)N(Cc2ccccc2)C1=O. The molecule has 5 heteroatoms. The van der Waals surface area contributed by atoms with Gasteiger partial charge in [-0.05, 0) is 23.3 Å². The molecule has 4 nitrogen and oxygen atoms in total. The summed E-state index contributed by atoms with van der Waals surface area (Å²) < 4.78 is 0. The summed E-state index contributed by atoms with van der Waals surface area (Å²) in [6.07, 6.45) is 1.75. The summed E-state index contributed by atoms with van der Waals surface area (Å²) in [7, 11) is 0. The minimum atomic E-state index is -0.139. The van der Waals surface area contributed by atoms with Crippen molar-refractivity contribution in [3.05, 3.63) is 83.9 Å². The Morgan fingerprint density at radius 3 is 2.59 bits per heavy atom. The summed E-state index contributed by atoms with van der Waals surface area (Å²) in [5.74, 6) is 0.0722. The van der Waals surface area contributed by atoms with E-state index in [0.717, 1.165) is 16.5 Å². The van der Waals surface area contributed by atoms with Crippen LogP contribution in [0.2, 0.25) is 0 Å². The van der Waals surface area contributed by atoms with E-state index in [1.54, 1.807) is 11.1 Å². The fraction of sp³-hybridized carbons (Fsp3) is 0.136. The first kappa shape index (κ1) is 17.5. The maximum atomic E-state index is 12.5. The van der Waals surface area contributed by atoms with E-state index in [1.807, 2.05) is 61.5 Å². The number of carbonyl (C=O) groups is 1. The molecule has 1 aliphatic heterocycles. The Labute approximate surface area is 162 Å². The lowest BCUT2D eigenvalue weighted by Crippen LogP contribution is -2.30. The molecule has 3 aromatic carbocycles. The third kappa shape index (κ3) is 3.78. The second-order valence-electron chi connectivity index (χ2n) is 6.37. The van der Waals surface area contributed by atoms with Gasteiger partial charge in [0.1, 0.15) is 0 Å². The molecule has 1 aliphatic rings. The lowest BCUT2D eigenvalue weighted by Gasteiger charge is -2.15. The Balaban J connectivity index is 1.59. The maximum Gasteiger partial charge on any atom is 0.242 e. The van der Waals surface area contributed by atoms with Crippen molar-refractivity contribution in [3.8, 4) is 0 Å². The average Bonchev–Trinajstić information content (AvgIpc) is 2.97. The van der Waals surface area contributed by atoms with Crippen LogP contribution in [0.1, 0.15) is 18.1 Å². The van der Waals surface area contributed by atoms with Crippen molar-refractivity contribution in [2.45, 2.75) is 18.7 Å². The van der Waals surface area contributed by atoms with Gasteiger partial charge in [-0.15, -0.1) is 5.10 Å². The monoisotopic (exact) mass is 373 g/mol. The van der Waals surface area contributed by atoms with E-state index in [-0.39, 0.29) is 11.2 Å². The van der Waals surface area contributed by atoms with E-state index >= 15 is 0 Å². The van der Waals surface area contributed by atoms with E-state index < -0.39 is 0 Å². The first-order valence-corrected chi connectivity index (χ1v) is 9.71. The fourth-order valence-electron chi connectivity index (χ4n) is 3.08. The third-order valence-electron chi connectivity index (χ3n) is 4.47. The van der Waals surface area contributed by atoms with Crippen molar-refractivity contribution in [1.82, 2.24) is 4.90 Å². The second kappa shape index (κ2) is 7.76. The molecule has 134 valence electrons.